The van der Waals surface area contributed by atoms with Gasteiger partial charge < -0.3 is 24.6 Å². The van der Waals surface area contributed by atoms with Crippen molar-refractivity contribution >= 4 is 21.6 Å². The number of likely N-dealkylation sites (N-methyl/N-ethyl adjacent to an activating group) is 1. The van der Waals surface area contributed by atoms with Gasteiger partial charge in [-0.15, -0.1) is 0 Å². The average Bonchev–Trinajstić information content (AvgIpc) is 2.86. The van der Waals surface area contributed by atoms with Gasteiger partial charge in [-0.05, 0) is 44.3 Å². The highest BCUT2D eigenvalue weighted by atomic mass is 32.2. The van der Waals surface area contributed by atoms with Crippen LogP contribution in [0.1, 0.15) is 6.42 Å². The van der Waals surface area contributed by atoms with E-state index in [9.17, 15) is 13.2 Å². The Bertz CT molecular complexity index is 1040. The number of piperazine rings is 1. The lowest BCUT2D eigenvalue weighted by atomic mass is 10.2. The molecule has 0 saturated carbocycles. The van der Waals surface area contributed by atoms with E-state index < -0.39 is 10.0 Å². The zero-order valence-electron chi connectivity index (χ0n) is 20.1. The van der Waals surface area contributed by atoms with Gasteiger partial charge in [0.1, 0.15) is 6.54 Å². The van der Waals surface area contributed by atoms with Gasteiger partial charge in [0.25, 0.3) is 10.0 Å². The number of carbonyl (C=O) groups excluding carboxylic acids is 1. The molecule has 0 radical (unpaired) electrons. The largest absolute Gasteiger partial charge is 0.493 e. The molecule has 1 heterocycles. The third-order valence-electron chi connectivity index (χ3n) is 5.84. The van der Waals surface area contributed by atoms with Gasteiger partial charge in [-0.1, -0.05) is 18.2 Å². The maximum Gasteiger partial charge on any atom is 0.264 e. The molecule has 1 N–H and O–H groups in total. The van der Waals surface area contributed by atoms with Crippen LogP contribution in [0.3, 0.4) is 0 Å². The van der Waals surface area contributed by atoms with Crippen LogP contribution in [0.15, 0.2) is 53.4 Å². The second-order valence-electron chi connectivity index (χ2n) is 8.21. The lowest BCUT2D eigenvalue weighted by Gasteiger charge is -2.32. The van der Waals surface area contributed by atoms with Crippen molar-refractivity contribution in [2.24, 2.45) is 0 Å². The van der Waals surface area contributed by atoms with E-state index in [0.717, 1.165) is 43.4 Å². The molecular formula is C24H34N4O5S. The normalized spacial score (nSPS) is 15.0. The molecule has 1 saturated heterocycles. The molecule has 34 heavy (non-hydrogen) atoms. The van der Waals surface area contributed by atoms with E-state index in [-0.39, 0.29) is 17.3 Å². The van der Waals surface area contributed by atoms with E-state index in [0.29, 0.717) is 23.7 Å². The molecule has 0 spiro atoms. The average molecular weight is 491 g/mol. The highest BCUT2D eigenvalue weighted by molar-refractivity contribution is 7.92. The Balaban J connectivity index is 1.71. The number of methoxy groups -OCH3 is 2. The fourth-order valence-corrected chi connectivity index (χ4v) is 5.24. The monoisotopic (exact) mass is 490 g/mol. The Morgan fingerprint density at radius 2 is 1.68 bits per heavy atom. The van der Waals surface area contributed by atoms with E-state index in [2.05, 4.69) is 22.2 Å². The minimum atomic E-state index is -3.98. The Kier molecular flexibility index (Phi) is 9.14. The van der Waals surface area contributed by atoms with E-state index in [1.807, 2.05) is 0 Å². The molecule has 0 aromatic heterocycles. The molecule has 2 aromatic rings. The molecule has 9 nitrogen and oxygen atoms in total. The number of benzene rings is 2. The van der Waals surface area contributed by atoms with Gasteiger partial charge in [0.15, 0.2) is 11.5 Å². The maximum absolute atomic E-state index is 13.4. The summed E-state index contributed by atoms with van der Waals surface area (Å²) in [5.74, 6) is 0.477. The number of amides is 1. The molecule has 0 bridgehead atoms. The number of anilines is 1. The van der Waals surface area contributed by atoms with E-state index >= 15 is 0 Å². The van der Waals surface area contributed by atoms with Gasteiger partial charge in [-0.25, -0.2) is 8.42 Å². The molecule has 3 rings (SSSR count). The molecule has 1 aliphatic rings. The zero-order valence-corrected chi connectivity index (χ0v) is 20.9. The number of nitrogens with one attached hydrogen (secondary N) is 1. The molecule has 2 aromatic carbocycles. The van der Waals surface area contributed by atoms with Crippen molar-refractivity contribution in [3.63, 3.8) is 0 Å². The fourth-order valence-electron chi connectivity index (χ4n) is 3.80. The van der Waals surface area contributed by atoms with Crippen LogP contribution < -0.4 is 19.1 Å². The van der Waals surface area contributed by atoms with Gasteiger partial charge >= 0.3 is 0 Å². The number of ether oxygens (including phenoxy) is 2. The lowest BCUT2D eigenvalue weighted by Crippen LogP contribution is -2.45. The van der Waals surface area contributed by atoms with Crippen molar-refractivity contribution in [3.8, 4) is 11.5 Å². The van der Waals surface area contributed by atoms with Crippen LogP contribution >= 0.6 is 0 Å². The highest BCUT2D eigenvalue weighted by Crippen LogP contribution is 2.33. The first-order valence-corrected chi connectivity index (χ1v) is 12.8. The minimum Gasteiger partial charge on any atom is -0.493 e. The Labute approximate surface area is 202 Å². The molecule has 0 aliphatic carbocycles. The minimum absolute atomic E-state index is 0.104. The van der Waals surface area contributed by atoms with Crippen LogP contribution in [0.25, 0.3) is 0 Å². The van der Waals surface area contributed by atoms with Crippen LogP contribution in [0.4, 0.5) is 5.69 Å². The van der Waals surface area contributed by atoms with Gasteiger partial charge in [-0.3, -0.25) is 9.10 Å². The number of nitrogens with zero attached hydrogens (tertiary/aromatic N) is 3. The van der Waals surface area contributed by atoms with Crippen molar-refractivity contribution in [1.29, 1.82) is 0 Å². The molecule has 10 heteroatoms. The second kappa shape index (κ2) is 12.0. The summed E-state index contributed by atoms with van der Waals surface area (Å²) in [5, 5.41) is 2.87. The third-order valence-corrected chi connectivity index (χ3v) is 7.63. The topological polar surface area (TPSA) is 91.4 Å². The summed E-state index contributed by atoms with van der Waals surface area (Å²) in [6.07, 6.45) is 0.803. The Hall–Kier alpha value is -2.82. The van der Waals surface area contributed by atoms with Gasteiger partial charge in [0.05, 0.1) is 24.8 Å². The molecule has 1 aliphatic heterocycles. The van der Waals surface area contributed by atoms with Crippen molar-refractivity contribution in [2.45, 2.75) is 11.3 Å². The fraction of sp³-hybridized carbons (Fsp3) is 0.458. The first kappa shape index (κ1) is 25.8. The first-order chi connectivity index (χ1) is 16.3. The molecule has 0 atom stereocenters. The van der Waals surface area contributed by atoms with Gasteiger partial charge in [-0.2, -0.15) is 0 Å². The van der Waals surface area contributed by atoms with Crippen molar-refractivity contribution in [3.05, 3.63) is 48.5 Å². The number of rotatable bonds is 11. The predicted octanol–water partition coefficient (Wildman–Crippen LogP) is 1.65. The predicted molar refractivity (Wildman–Crippen MR) is 132 cm³/mol. The number of carbonyl (C=O) groups is 1. The standard InChI is InChI=1S/C24H34N4O5S/c1-26-14-16-27(17-15-26)13-7-12-25-24(29)19-28(34(30,31)21-8-5-4-6-9-21)20-10-11-22(32-2)23(18-20)33-3/h4-6,8-11,18H,7,12-17,19H2,1-3H3,(H,25,29). The van der Waals surface area contributed by atoms with E-state index in [1.165, 1.54) is 26.4 Å². The summed E-state index contributed by atoms with van der Waals surface area (Å²) in [6.45, 7) is 5.17. The summed E-state index contributed by atoms with van der Waals surface area (Å²) in [5.41, 5.74) is 0.314. The van der Waals surface area contributed by atoms with Crippen LogP contribution in [-0.2, 0) is 14.8 Å². The smallest absolute Gasteiger partial charge is 0.264 e. The molecule has 0 unspecified atom stereocenters. The summed E-state index contributed by atoms with van der Waals surface area (Å²) >= 11 is 0. The highest BCUT2D eigenvalue weighted by Gasteiger charge is 2.28. The number of sulfonamides is 1. The van der Waals surface area contributed by atoms with Crippen molar-refractivity contribution in [2.75, 3.05) is 71.4 Å². The molecular weight excluding hydrogens is 456 g/mol. The quantitative estimate of drug-likeness (QED) is 0.479. The molecule has 1 amide bonds. The van der Waals surface area contributed by atoms with Crippen molar-refractivity contribution < 1.29 is 22.7 Å². The van der Waals surface area contributed by atoms with Crippen LogP contribution in [0.2, 0.25) is 0 Å². The van der Waals surface area contributed by atoms with Crippen LogP contribution in [0, 0.1) is 0 Å². The SMILES string of the molecule is COc1ccc(N(CC(=O)NCCCN2CCN(C)CC2)S(=O)(=O)c2ccccc2)cc1OC. The summed E-state index contributed by atoms with van der Waals surface area (Å²) in [6, 6.07) is 12.8. The maximum atomic E-state index is 13.4. The Morgan fingerprint density at radius 3 is 2.32 bits per heavy atom. The van der Waals surface area contributed by atoms with Gasteiger partial charge in [0, 0.05) is 38.8 Å². The van der Waals surface area contributed by atoms with Crippen LogP contribution in [0.5, 0.6) is 11.5 Å². The van der Waals surface area contributed by atoms with Crippen molar-refractivity contribution in [1.82, 2.24) is 15.1 Å². The summed E-state index contributed by atoms with van der Waals surface area (Å²) < 4.78 is 38.6. The zero-order chi connectivity index (χ0) is 24.6. The summed E-state index contributed by atoms with van der Waals surface area (Å²) in [4.78, 5) is 17.6. The first-order valence-electron chi connectivity index (χ1n) is 11.3. The van der Waals surface area contributed by atoms with E-state index in [1.54, 1.807) is 36.4 Å². The molecule has 1 fully saturated rings. The Morgan fingerprint density at radius 1 is 1.00 bits per heavy atom. The number of hydrogen-bond donors (Lipinski definition) is 1. The van der Waals surface area contributed by atoms with E-state index in [4.69, 9.17) is 9.47 Å². The van der Waals surface area contributed by atoms with Gasteiger partial charge in [0.2, 0.25) is 5.91 Å². The van der Waals surface area contributed by atoms with Crippen LogP contribution in [-0.4, -0.2) is 91.2 Å². The summed E-state index contributed by atoms with van der Waals surface area (Å²) in [7, 11) is 1.12. The third kappa shape index (κ3) is 6.62. The number of hydrogen-bond acceptors (Lipinski definition) is 7. The molecule has 186 valence electrons. The lowest BCUT2D eigenvalue weighted by molar-refractivity contribution is -0.119. The second-order valence-corrected chi connectivity index (χ2v) is 10.1.